The molecule has 16 heavy (non-hydrogen) atoms. The molecule has 0 heterocycles. The lowest BCUT2D eigenvalue weighted by Gasteiger charge is -2.43. The van der Waals surface area contributed by atoms with Crippen LogP contribution in [0, 0.1) is 5.41 Å². The van der Waals surface area contributed by atoms with Crippen LogP contribution in [0.2, 0.25) is 0 Å². The van der Waals surface area contributed by atoms with E-state index in [1.54, 1.807) is 0 Å². The van der Waals surface area contributed by atoms with Crippen LogP contribution in [0.25, 0.3) is 0 Å². The van der Waals surface area contributed by atoms with Gasteiger partial charge >= 0.3 is 0 Å². The third-order valence-corrected chi connectivity index (χ3v) is 4.52. The van der Waals surface area contributed by atoms with Gasteiger partial charge in [-0.3, -0.25) is 0 Å². The van der Waals surface area contributed by atoms with Gasteiger partial charge in [-0.15, -0.1) is 0 Å². The van der Waals surface area contributed by atoms with Gasteiger partial charge in [-0.25, -0.2) is 0 Å². The second kappa shape index (κ2) is 3.89. The lowest BCUT2D eigenvalue weighted by atomic mass is 9.63. The first-order chi connectivity index (χ1) is 7.77. The lowest BCUT2D eigenvalue weighted by Crippen LogP contribution is -2.36. The quantitative estimate of drug-likeness (QED) is 0.706. The summed E-state index contributed by atoms with van der Waals surface area (Å²) in [6, 6.07) is 8.84. The molecule has 1 aromatic rings. The van der Waals surface area contributed by atoms with Gasteiger partial charge in [0.1, 0.15) is 0 Å². The van der Waals surface area contributed by atoms with Crippen molar-refractivity contribution in [2.24, 2.45) is 5.41 Å². The molecule has 2 aliphatic carbocycles. The largest absolute Gasteiger partial charge is 0.393 e. The lowest BCUT2D eigenvalue weighted by molar-refractivity contribution is 0.0378. The van der Waals surface area contributed by atoms with E-state index in [-0.39, 0.29) is 6.10 Å². The van der Waals surface area contributed by atoms with Gasteiger partial charge in [0.2, 0.25) is 0 Å². The normalized spacial score (nSPS) is 33.7. The zero-order chi connectivity index (χ0) is 11.0. The number of aliphatic hydroxyl groups is 1. The molecule has 0 bridgehead atoms. The molecule has 0 saturated heterocycles. The maximum absolute atomic E-state index is 9.87. The van der Waals surface area contributed by atoms with Crippen LogP contribution in [0.1, 0.15) is 43.2 Å². The summed E-state index contributed by atoms with van der Waals surface area (Å²) < 4.78 is 0. The average molecular weight is 216 g/mol. The van der Waals surface area contributed by atoms with Crippen LogP contribution < -0.4 is 0 Å². The molecule has 1 heteroatoms. The molecule has 0 amide bonds. The van der Waals surface area contributed by atoms with Crippen LogP contribution >= 0.6 is 0 Å². The Labute approximate surface area is 97.5 Å². The fourth-order valence-electron chi connectivity index (χ4n) is 3.67. The fraction of sp³-hybridized carbons (Fsp3) is 0.600. The Morgan fingerprint density at radius 3 is 2.75 bits per heavy atom. The van der Waals surface area contributed by atoms with E-state index in [0.717, 1.165) is 12.8 Å². The van der Waals surface area contributed by atoms with Crippen LogP contribution in [0.15, 0.2) is 24.3 Å². The number of benzene rings is 1. The monoisotopic (exact) mass is 216 g/mol. The van der Waals surface area contributed by atoms with Crippen LogP contribution in [-0.4, -0.2) is 11.2 Å². The highest BCUT2D eigenvalue weighted by molar-refractivity contribution is 5.31. The second-order valence-electron chi connectivity index (χ2n) is 5.70. The minimum absolute atomic E-state index is 0.0426. The molecule has 1 nitrogen and oxygen atoms in total. The van der Waals surface area contributed by atoms with E-state index in [4.69, 9.17) is 0 Å². The summed E-state index contributed by atoms with van der Waals surface area (Å²) in [5.74, 6) is 0. The van der Waals surface area contributed by atoms with Crippen LogP contribution in [-0.2, 0) is 12.8 Å². The molecule has 1 N–H and O–H groups in total. The highest BCUT2D eigenvalue weighted by atomic mass is 16.3. The molecule has 3 rings (SSSR count). The van der Waals surface area contributed by atoms with E-state index < -0.39 is 0 Å². The fourth-order valence-corrected chi connectivity index (χ4v) is 3.67. The molecule has 1 spiro atoms. The van der Waals surface area contributed by atoms with Gasteiger partial charge in [0.15, 0.2) is 0 Å². The number of aliphatic hydroxyl groups excluding tert-OH is 1. The Balaban J connectivity index is 1.86. The van der Waals surface area contributed by atoms with Crippen molar-refractivity contribution in [3.63, 3.8) is 0 Å². The number of hydrogen-bond acceptors (Lipinski definition) is 1. The van der Waals surface area contributed by atoms with Gasteiger partial charge in [-0.05, 0) is 55.1 Å². The zero-order valence-corrected chi connectivity index (χ0v) is 9.78. The van der Waals surface area contributed by atoms with Crippen LogP contribution in [0.5, 0.6) is 0 Å². The first kappa shape index (κ1) is 10.3. The number of fused-ring (bicyclic) bond motifs is 1. The Morgan fingerprint density at radius 2 is 1.94 bits per heavy atom. The Morgan fingerprint density at radius 1 is 1.12 bits per heavy atom. The van der Waals surface area contributed by atoms with Crippen molar-refractivity contribution in [2.75, 3.05) is 0 Å². The van der Waals surface area contributed by atoms with Crippen molar-refractivity contribution in [2.45, 2.75) is 51.0 Å². The minimum atomic E-state index is -0.0426. The predicted molar refractivity (Wildman–Crippen MR) is 65.4 cm³/mol. The van der Waals surface area contributed by atoms with Crippen LogP contribution in [0.3, 0.4) is 0 Å². The van der Waals surface area contributed by atoms with Crippen molar-refractivity contribution in [1.82, 2.24) is 0 Å². The molecule has 1 saturated carbocycles. The minimum Gasteiger partial charge on any atom is -0.393 e. The van der Waals surface area contributed by atoms with E-state index in [1.807, 2.05) is 0 Å². The SMILES string of the molecule is OC1CCC[C@@]2(CCc3ccccc3C2)C1. The second-order valence-corrected chi connectivity index (χ2v) is 5.70. The summed E-state index contributed by atoms with van der Waals surface area (Å²) in [5, 5.41) is 9.87. The predicted octanol–water partition coefficient (Wildman–Crippen LogP) is 3.10. The molecule has 0 aromatic heterocycles. The highest BCUT2D eigenvalue weighted by Crippen LogP contribution is 2.46. The molecule has 0 aliphatic heterocycles. The van der Waals surface area contributed by atoms with Crippen molar-refractivity contribution in [3.05, 3.63) is 35.4 Å². The van der Waals surface area contributed by atoms with Gasteiger partial charge in [0, 0.05) is 0 Å². The van der Waals surface area contributed by atoms with Gasteiger partial charge in [-0.1, -0.05) is 30.7 Å². The highest BCUT2D eigenvalue weighted by Gasteiger charge is 2.38. The third kappa shape index (κ3) is 1.78. The summed E-state index contributed by atoms with van der Waals surface area (Å²) in [4.78, 5) is 0. The number of rotatable bonds is 0. The zero-order valence-electron chi connectivity index (χ0n) is 9.78. The first-order valence-electron chi connectivity index (χ1n) is 6.52. The van der Waals surface area contributed by atoms with E-state index in [9.17, 15) is 5.11 Å². The molecule has 0 radical (unpaired) electrons. The Bertz CT molecular complexity index is 385. The third-order valence-electron chi connectivity index (χ3n) is 4.52. The molecule has 1 aromatic carbocycles. The number of aryl methyl sites for hydroxylation is 1. The van der Waals surface area contributed by atoms with Crippen molar-refractivity contribution in [3.8, 4) is 0 Å². The molecule has 1 unspecified atom stereocenters. The van der Waals surface area contributed by atoms with Crippen molar-refractivity contribution in [1.29, 1.82) is 0 Å². The first-order valence-corrected chi connectivity index (χ1v) is 6.52. The molecule has 2 aliphatic rings. The van der Waals surface area contributed by atoms with E-state index in [1.165, 1.54) is 43.2 Å². The molecule has 86 valence electrons. The van der Waals surface area contributed by atoms with Gasteiger partial charge < -0.3 is 5.11 Å². The summed E-state index contributed by atoms with van der Waals surface area (Å²) >= 11 is 0. The summed E-state index contributed by atoms with van der Waals surface area (Å²) in [5.41, 5.74) is 3.49. The molecular formula is C15H20O. The van der Waals surface area contributed by atoms with Crippen molar-refractivity contribution < 1.29 is 5.11 Å². The van der Waals surface area contributed by atoms with E-state index in [2.05, 4.69) is 24.3 Å². The maximum Gasteiger partial charge on any atom is 0.0545 e. The van der Waals surface area contributed by atoms with Gasteiger partial charge in [0.05, 0.1) is 6.10 Å². The molecule has 1 fully saturated rings. The summed E-state index contributed by atoms with van der Waals surface area (Å²) in [6.07, 6.45) is 8.22. The summed E-state index contributed by atoms with van der Waals surface area (Å²) in [6.45, 7) is 0. The molecular weight excluding hydrogens is 196 g/mol. The van der Waals surface area contributed by atoms with Gasteiger partial charge in [0.25, 0.3) is 0 Å². The smallest absolute Gasteiger partial charge is 0.0545 e. The Hall–Kier alpha value is -0.820. The summed E-state index contributed by atoms with van der Waals surface area (Å²) in [7, 11) is 0. The molecule has 2 atom stereocenters. The van der Waals surface area contributed by atoms with Crippen LogP contribution in [0.4, 0.5) is 0 Å². The topological polar surface area (TPSA) is 20.2 Å². The Kier molecular flexibility index (Phi) is 2.51. The number of hydrogen-bond donors (Lipinski definition) is 1. The van der Waals surface area contributed by atoms with Crippen molar-refractivity contribution >= 4 is 0 Å². The standard InChI is InChI=1S/C15H20O/c16-14-6-3-8-15(11-14)9-7-12-4-1-2-5-13(12)10-15/h1-2,4-5,14,16H,3,6-11H2/t14?,15-/m0/s1. The van der Waals surface area contributed by atoms with E-state index >= 15 is 0 Å². The van der Waals surface area contributed by atoms with E-state index in [0.29, 0.717) is 5.41 Å². The maximum atomic E-state index is 9.87. The van der Waals surface area contributed by atoms with Gasteiger partial charge in [-0.2, -0.15) is 0 Å². The average Bonchev–Trinajstić information content (AvgIpc) is 2.28.